The molecular weight excluding hydrogens is 454 g/mol. The van der Waals surface area contributed by atoms with Gasteiger partial charge in [0.15, 0.2) is 0 Å². The van der Waals surface area contributed by atoms with Gasteiger partial charge in [-0.3, -0.25) is 9.59 Å². The van der Waals surface area contributed by atoms with Crippen LogP contribution in [0.5, 0.6) is 0 Å². The predicted octanol–water partition coefficient (Wildman–Crippen LogP) is 3.47. The van der Waals surface area contributed by atoms with E-state index >= 15 is 0 Å². The highest BCUT2D eigenvalue weighted by atomic mass is 16.2. The average molecular weight is 476 g/mol. The first-order chi connectivity index (χ1) is 17.6. The number of hydrogen-bond acceptors (Lipinski definition) is 5. The molecule has 2 N–H and O–H groups in total. The van der Waals surface area contributed by atoms with Gasteiger partial charge in [0.25, 0.3) is 11.8 Å². The minimum atomic E-state index is -0.523. The lowest BCUT2D eigenvalue weighted by atomic mass is 10.0. The number of carbonyl (C=O) groups excluding carboxylic acids is 2. The number of rotatable bonds is 4. The van der Waals surface area contributed by atoms with Crippen LogP contribution >= 0.6 is 0 Å². The van der Waals surface area contributed by atoms with Crippen LogP contribution < -0.4 is 5.32 Å². The highest BCUT2D eigenvalue weighted by Gasteiger charge is 2.29. The summed E-state index contributed by atoms with van der Waals surface area (Å²) in [4.78, 5) is 34.3. The number of nitrogens with one attached hydrogen (secondary N) is 2. The van der Waals surface area contributed by atoms with E-state index in [1.165, 1.54) is 0 Å². The van der Waals surface area contributed by atoms with Crippen molar-refractivity contribution in [3.8, 4) is 23.5 Å². The Balaban J connectivity index is 1.23. The average Bonchev–Trinajstić information content (AvgIpc) is 3.66. The van der Waals surface area contributed by atoms with Crippen molar-refractivity contribution in [2.45, 2.75) is 12.3 Å². The molecule has 1 aromatic carbocycles. The zero-order valence-corrected chi connectivity index (χ0v) is 19.2. The number of terminal acetylenes is 1. The van der Waals surface area contributed by atoms with Crippen LogP contribution in [0.3, 0.4) is 0 Å². The normalized spacial score (nSPS) is 15.3. The van der Waals surface area contributed by atoms with Crippen molar-refractivity contribution < 1.29 is 9.59 Å². The number of aromatic amines is 1. The van der Waals surface area contributed by atoms with Gasteiger partial charge in [-0.25, -0.2) is 4.98 Å². The zero-order valence-electron chi connectivity index (χ0n) is 19.2. The van der Waals surface area contributed by atoms with Gasteiger partial charge in [-0.2, -0.15) is 14.8 Å². The molecule has 1 atom stereocenters. The highest BCUT2D eigenvalue weighted by Crippen LogP contribution is 2.35. The highest BCUT2D eigenvalue weighted by molar-refractivity contribution is 6.04. The van der Waals surface area contributed by atoms with Crippen LogP contribution in [0, 0.1) is 12.3 Å². The van der Waals surface area contributed by atoms with Crippen LogP contribution in [0.4, 0.5) is 5.69 Å². The van der Waals surface area contributed by atoms with Gasteiger partial charge in [0.2, 0.25) is 0 Å². The molecule has 9 heteroatoms. The molecule has 0 radical (unpaired) electrons. The van der Waals surface area contributed by atoms with Gasteiger partial charge in [-0.05, 0) is 66.4 Å². The molecule has 1 fully saturated rings. The van der Waals surface area contributed by atoms with Crippen molar-refractivity contribution >= 4 is 34.1 Å². The number of fused-ring (bicyclic) bond motifs is 2. The smallest absolute Gasteiger partial charge is 0.300 e. The molecule has 5 aromatic rings. The number of aromatic nitrogens is 5. The van der Waals surface area contributed by atoms with E-state index in [9.17, 15) is 9.59 Å². The van der Waals surface area contributed by atoms with Gasteiger partial charge < -0.3 is 15.2 Å². The predicted molar refractivity (Wildman–Crippen MR) is 135 cm³/mol. The van der Waals surface area contributed by atoms with Crippen LogP contribution in [0.25, 0.3) is 27.7 Å². The van der Waals surface area contributed by atoms with Crippen LogP contribution in [0.2, 0.25) is 0 Å². The summed E-state index contributed by atoms with van der Waals surface area (Å²) >= 11 is 0. The maximum Gasteiger partial charge on any atom is 0.300 e. The van der Waals surface area contributed by atoms with E-state index < -0.39 is 5.91 Å². The Morgan fingerprint density at radius 1 is 1.08 bits per heavy atom. The third-order valence-corrected chi connectivity index (χ3v) is 6.58. The molecule has 1 saturated heterocycles. The number of carbonyl (C=O) groups is 2. The first-order valence-corrected chi connectivity index (χ1v) is 11.5. The first kappa shape index (κ1) is 21.6. The minimum Gasteiger partial charge on any atom is -0.343 e. The molecule has 0 bridgehead atoms. The minimum absolute atomic E-state index is 0.0406. The van der Waals surface area contributed by atoms with Crippen molar-refractivity contribution in [1.82, 2.24) is 29.7 Å². The molecule has 36 heavy (non-hydrogen) atoms. The van der Waals surface area contributed by atoms with E-state index in [1.54, 1.807) is 41.3 Å². The van der Waals surface area contributed by atoms with E-state index in [4.69, 9.17) is 6.42 Å². The zero-order chi connectivity index (χ0) is 24.6. The molecular formula is C27H21N7O2. The fraction of sp³-hybridized carbons (Fsp3) is 0.148. The molecule has 0 saturated carbocycles. The fourth-order valence-electron chi connectivity index (χ4n) is 4.79. The summed E-state index contributed by atoms with van der Waals surface area (Å²) in [7, 11) is 0. The second kappa shape index (κ2) is 8.67. The van der Waals surface area contributed by atoms with Crippen molar-refractivity contribution in [3.05, 3.63) is 78.4 Å². The van der Waals surface area contributed by atoms with E-state index in [0.29, 0.717) is 24.3 Å². The third kappa shape index (κ3) is 3.75. The summed E-state index contributed by atoms with van der Waals surface area (Å²) in [6.45, 7) is 1.27. The second-order valence-electron chi connectivity index (χ2n) is 8.71. The SMILES string of the molecule is C#CC(=O)Nc1ccc(C(=O)N2CCC(c3cc4c(-c5cnn6ncccc56)ccnc4[nH]3)C2)cc1. The lowest BCUT2D eigenvalue weighted by molar-refractivity contribution is -0.111. The van der Waals surface area contributed by atoms with Crippen LogP contribution in [-0.4, -0.2) is 54.6 Å². The lowest BCUT2D eigenvalue weighted by Gasteiger charge is -2.16. The standard InChI is InChI=1S/C27H21N7O2/c1-2-25(35)31-19-7-5-17(6-8-19)27(36)33-13-10-18(16-33)23-14-21-20(9-12-28-26(21)32-23)22-15-30-34-24(22)4-3-11-29-34/h1,3-9,11-12,14-15,18H,10,13,16H2,(H,28,32)(H,31,35). The number of H-pyrrole nitrogens is 1. The molecule has 1 unspecified atom stereocenters. The van der Waals surface area contributed by atoms with Crippen LogP contribution in [0.15, 0.2) is 67.1 Å². The molecule has 2 amide bonds. The Labute approximate surface area is 206 Å². The number of anilines is 1. The summed E-state index contributed by atoms with van der Waals surface area (Å²) in [5.41, 5.74) is 5.94. The molecule has 0 spiro atoms. The molecule has 1 aliphatic rings. The number of pyridine rings is 1. The van der Waals surface area contributed by atoms with Gasteiger partial charge in [-0.1, -0.05) is 0 Å². The quantitative estimate of drug-likeness (QED) is 0.387. The number of hydrogen-bond donors (Lipinski definition) is 2. The second-order valence-corrected chi connectivity index (χ2v) is 8.71. The van der Waals surface area contributed by atoms with Crippen molar-refractivity contribution in [2.75, 3.05) is 18.4 Å². The fourth-order valence-corrected chi connectivity index (χ4v) is 4.79. The number of benzene rings is 1. The largest absolute Gasteiger partial charge is 0.343 e. The molecule has 0 aliphatic carbocycles. The molecule has 1 aliphatic heterocycles. The number of likely N-dealkylation sites (tertiary alicyclic amines) is 1. The van der Waals surface area contributed by atoms with Gasteiger partial charge in [-0.15, -0.1) is 6.42 Å². The van der Waals surface area contributed by atoms with Crippen molar-refractivity contribution in [1.29, 1.82) is 0 Å². The summed E-state index contributed by atoms with van der Waals surface area (Å²) in [6, 6.07) is 14.8. The Morgan fingerprint density at radius 3 is 2.78 bits per heavy atom. The molecule has 9 nitrogen and oxygen atoms in total. The summed E-state index contributed by atoms with van der Waals surface area (Å²) < 4.78 is 1.62. The van der Waals surface area contributed by atoms with Crippen molar-refractivity contribution in [2.24, 2.45) is 0 Å². The lowest BCUT2D eigenvalue weighted by Crippen LogP contribution is -2.28. The Hall–Kier alpha value is -4.97. The summed E-state index contributed by atoms with van der Waals surface area (Å²) in [5.74, 6) is 1.62. The van der Waals surface area contributed by atoms with Gasteiger partial charge in [0.05, 0.1) is 11.7 Å². The topological polar surface area (TPSA) is 108 Å². The van der Waals surface area contributed by atoms with Gasteiger partial charge in [0.1, 0.15) is 5.65 Å². The number of nitrogens with zero attached hydrogens (tertiary/aromatic N) is 5. The van der Waals surface area contributed by atoms with E-state index in [2.05, 4.69) is 31.5 Å². The van der Waals surface area contributed by atoms with Crippen molar-refractivity contribution in [3.63, 3.8) is 0 Å². The maximum absolute atomic E-state index is 13.1. The van der Waals surface area contributed by atoms with E-state index in [-0.39, 0.29) is 11.8 Å². The Morgan fingerprint density at radius 2 is 1.94 bits per heavy atom. The molecule has 4 aromatic heterocycles. The molecule has 5 heterocycles. The summed E-state index contributed by atoms with van der Waals surface area (Å²) in [6.07, 6.45) is 11.3. The summed E-state index contributed by atoms with van der Waals surface area (Å²) in [5, 5.41) is 12.2. The van der Waals surface area contributed by atoms with Gasteiger partial charge >= 0.3 is 0 Å². The number of amides is 2. The first-order valence-electron chi connectivity index (χ1n) is 11.5. The maximum atomic E-state index is 13.1. The Bertz CT molecular complexity index is 1660. The van der Waals surface area contributed by atoms with E-state index in [0.717, 1.165) is 39.8 Å². The van der Waals surface area contributed by atoms with Crippen LogP contribution in [0.1, 0.15) is 28.4 Å². The monoisotopic (exact) mass is 475 g/mol. The van der Waals surface area contributed by atoms with Gasteiger partial charge in [0, 0.05) is 59.3 Å². The molecule has 176 valence electrons. The Kier molecular flexibility index (Phi) is 5.19. The van der Waals surface area contributed by atoms with E-state index in [1.807, 2.05) is 35.2 Å². The van der Waals surface area contributed by atoms with Crippen LogP contribution in [-0.2, 0) is 4.79 Å². The molecule has 6 rings (SSSR count). The third-order valence-electron chi connectivity index (χ3n) is 6.58.